The van der Waals surface area contributed by atoms with Crippen LogP contribution < -0.4 is 0 Å². The van der Waals surface area contributed by atoms with Crippen molar-refractivity contribution in [2.45, 2.75) is 13.1 Å². The zero-order chi connectivity index (χ0) is 17.4. The third-order valence-corrected chi connectivity index (χ3v) is 5.22. The van der Waals surface area contributed by atoms with E-state index in [9.17, 15) is 13.3 Å². The van der Waals surface area contributed by atoms with E-state index in [4.69, 9.17) is 11.6 Å². The first kappa shape index (κ1) is 18.4. The summed E-state index contributed by atoms with van der Waals surface area (Å²) in [4.78, 5) is 11.0. The summed E-state index contributed by atoms with van der Waals surface area (Å²) in [5.41, 5.74) is 1.63. The molecule has 0 aliphatic rings. The van der Waals surface area contributed by atoms with Crippen molar-refractivity contribution in [2.75, 3.05) is 12.4 Å². The van der Waals surface area contributed by atoms with Crippen LogP contribution in [0.1, 0.15) is 11.1 Å². The Hall–Kier alpha value is -1.96. The fourth-order valence-corrected chi connectivity index (χ4v) is 3.75. The van der Waals surface area contributed by atoms with Gasteiger partial charge in [0.25, 0.3) is 0 Å². The lowest BCUT2D eigenvalue weighted by atomic mass is 10.2. The summed E-state index contributed by atoms with van der Waals surface area (Å²) < 4.78 is 27.2. The first-order chi connectivity index (χ1) is 11.6. The number of halogens is 1. The van der Waals surface area contributed by atoms with Crippen LogP contribution in [-0.2, 0) is 23.3 Å². The van der Waals surface area contributed by atoms with Crippen LogP contribution in [0, 0.1) is 4.91 Å². The molecule has 0 spiro atoms. The highest BCUT2D eigenvalue weighted by Gasteiger charge is 2.30. The molecule has 6 nitrogen and oxygen atoms in total. The second-order valence-electron chi connectivity index (χ2n) is 5.06. The van der Waals surface area contributed by atoms with Crippen LogP contribution >= 0.6 is 11.6 Å². The van der Waals surface area contributed by atoms with Crippen molar-refractivity contribution in [3.05, 3.63) is 76.7 Å². The molecule has 2 aromatic rings. The zero-order valence-electron chi connectivity index (χ0n) is 13.0. The number of hydrogen-bond acceptors (Lipinski definition) is 4. The minimum Gasteiger partial charge on any atom is -0.187 e. The van der Waals surface area contributed by atoms with Gasteiger partial charge in [0.05, 0.1) is 11.8 Å². The summed E-state index contributed by atoms with van der Waals surface area (Å²) >= 11 is 5.58. The van der Waals surface area contributed by atoms with E-state index in [2.05, 4.69) is 5.29 Å². The summed E-state index contributed by atoms with van der Waals surface area (Å²) in [6, 6.07) is 18.3. The monoisotopic (exact) mass is 367 g/mol. The van der Waals surface area contributed by atoms with E-state index in [0.717, 1.165) is 11.1 Å². The van der Waals surface area contributed by atoms with Crippen molar-refractivity contribution in [2.24, 2.45) is 5.29 Å². The van der Waals surface area contributed by atoms with Crippen molar-refractivity contribution >= 4 is 21.8 Å². The maximum Gasteiger partial charge on any atom is 0.322 e. The Kier molecular flexibility index (Phi) is 6.72. The van der Waals surface area contributed by atoms with Crippen LogP contribution in [-0.4, -0.2) is 29.6 Å². The smallest absolute Gasteiger partial charge is 0.187 e. The summed E-state index contributed by atoms with van der Waals surface area (Å²) in [6.07, 6.45) is 0. The molecule has 0 unspecified atom stereocenters. The molecule has 0 aromatic heterocycles. The van der Waals surface area contributed by atoms with Gasteiger partial charge >= 0.3 is 10.2 Å². The maximum atomic E-state index is 12.8. The average molecular weight is 368 g/mol. The van der Waals surface area contributed by atoms with Crippen LogP contribution in [0.5, 0.6) is 0 Å². The molecule has 0 aliphatic carbocycles. The van der Waals surface area contributed by atoms with Gasteiger partial charge in [-0.15, -0.1) is 20.9 Å². The van der Waals surface area contributed by atoms with Crippen molar-refractivity contribution in [3.63, 3.8) is 0 Å². The quantitative estimate of drug-likeness (QED) is 0.388. The normalized spacial score (nSPS) is 11.4. The van der Waals surface area contributed by atoms with Gasteiger partial charge in [0.15, 0.2) is 0 Å². The van der Waals surface area contributed by atoms with E-state index in [1.165, 1.54) is 4.31 Å². The number of nitroso groups, excluding NO2 is 1. The van der Waals surface area contributed by atoms with Crippen LogP contribution in [0.2, 0.25) is 0 Å². The lowest BCUT2D eigenvalue weighted by molar-refractivity contribution is 0.338. The molecule has 0 saturated heterocycles. The van der Waals surface area contributed by atoms with Gasteiger partial charge in [-0.1, -0.05) is 60.7 Å². The second kappa shape index (κ2) is 8.77. The minimum atomic E-state index is -4.07. The SMILES string of the molecule is O=NN(CCCl)S(=O)(=O)N(Cc1ccccc1)Cc1ccccc1. The van der Waals surface area contributed by atoms with E-state index in [1.807, 2.05) is 60.7 Å². The van der Waals surface area contributed by atoms with E-state index in [-0.39, 0.29) is 25.5 Å². The number of benzene rings is 2. The Bertz CT molecular complexity index is 700. The molecule has 0 aliphatic heterocycles. The van der Waals surface area contributed by atoms with Crippen LogP contribution in [0.4, 0.5) is 0 Å². The highest BCUT2D eigenvalue weighted by atomic mass is 35.5. The van der Waals surface area contributed by atoms with Gasteiger partial charge in [0.1, 0.15) is 0 Å². The van der Waals surface area contributed by atoms with Crippen LogP contribution in [0.25, 0.3) is 0 Å². The van der Waals surface area contributed by atoms with Gasteiger partial charge < -0.3 is 0 Å². The predicted octanol–water partition coefficient (Wildman–Crippen LogP) is 3.16. The fourth-order valence-electron chi connectivity index (χ4n) is 2.20. The largest absolute Gasteiger partial charge is 0.322 e. The summed E-state index contributed by atoms with van der Waals surface area (Å²) in [5, 5.41) is 2.62. The molecule has 2 rings (SSSR count). The average Bonchev–Trinajstić information content (AvgIpc) is 2.60. The highest BCUT2D eigenvalue weighted by molar-refractivity contribution is 7.86. The van der Waals surface area contributed by atoms with E-state index in [0.29, 0.717) is 4.41 Å². The molecular weight excluding hydrogens is 350 g/mol. The molecule has 0 amide bonds. The minimum absolute atomic E-state index is 0.0184. The maximum absolute atomic E-state index is 12.8. The fraction of sp³-hybridized carbons (Fsp3) is 0.250. The Morgan fingerprint density at radius 1 is 0.875 bits per heavy atom. The van der Waals surface area contributed by atoms with Gasteiger partial charge in [0, 0.05) is 19.0 Å². The molecule has 0 bridgehead atoms. The molecule has 128 valence electrons. The Morgan fingerprint density at radius 2 is 1.33 bits per heavy atom. The van der Waals surface area contributed by atoms with Gasteiger partial charge in [-0.05, 0) is 11.1 Å². The second-order valence-corrected chi connectivity index (χ2v) is 7.28. The van der Waals surface area contributed by atoms with Crippen LogP contribution in [0.3, 0.4) is 0 Å². The molecule has 0 saturated carbocycles. The van der Waals surface area contributed by atoms with Gasteiger partial charge in [-0.2, -0.15) is 12.7 Å². The number of rotatable bonds is 9. The zero-order valence-corrected chi connectivity index (χ0v) is 14.5. The Morgan fingerprint density at radius 3 is 1.71 bits per heavy atom. The molecule has 0 N–H and O–H groups in total. The molecule has 0 radical (unpaired) electrons. The first-order valence-electron chi connectivity index (χ1n) is 7.33. The van der Waals surface area contributed by atoms with Gasteiger partial charge in [-0.25, -0.2) is 0 Å². The summed E-state index contributed by atoms with van der Waals surface area (Å²) in [6.45, 7) is 0.0895. The van der Waals surface area contributed by atoms with E-state index >= 15 is 0 Å². The number of alkyl halides is 1. The Balaban J connectivity index is 2.32. The van der Waals surface area contributed by atoms with Gasteiger partial charge in [-0.3, -0.25) is 0 Å². The summed E-state index contributed by atoms with van der Waals surface area (Å²) in [5.74, 6) is -0.0184. The van der Waals surface area contributed by atoms with Crippen molar-refractivity contribution in [1.82, 2.24) is 8.72 Å². The van der Waals surface area contributed by atoms with Crippen molar-refractivity contribution < 1.29 is 8.42 Å². The highest BCUT2D eigenvalue weighted by Crippen LogP contribution is 2.18. The summed E-state index contributed by atoms with van der Waals surface area (Å²) in [7, 11) is -4.07. The number of nitrogens with zero attached hydrogens (tertiary/aromatic N) is 3. The lowest BCUT2D eigenvalue weighted by Crippen LogP contribution is -2.41. The Labute approximate surface area is 146 Å². The molecular formula is C16H18ClN3O3S. The van der Waals surface area contributed by atoms with Crippen LogP contribution in [0.15, 0.2) is 65.9 Å². The molecule has 0 fully saturated rings. The first-order valence-corrected chi connectivity index (χ1v) is 9.26. The third-order valence-electron chi connectivity index (χ3n) is 3.36. The number of hydrogen-bond donors (Lipinski definition) is 0. The topological polar surface area (TPSA) is 70.0 Å². The molecule has 8 heteroatoms. The molecule has 0 heterocycles. The van der Waals surface area contributed by atoms with Crippen molar-refractivity contribution in [1.29, 1.82) is 0 Å². The molecule has 2 aromatic carbocycles. The third kappa shape index (κ3) is 4.77. The lowest BCUT2D eigenvalue weighted by Gasteiger charge is -2.26. The standard InChI is InChI=1S/C16H18ClN3O3S/c17-11-12-20(18-21)24(22,23)19(13-15-7-3-1-4-8-15)14-16-9-5-2-6-10-16/h1-10H,11-14H2. The van der Waals surface area contributed by atoms with Gasteiger partial charge in [0.2, 0.25) is 0 Å². The molecule has 24 heavy (non-hydrogen) atoms. The van der Waals surface area contributed by atoms with Crippen molar-refractivity contribution in [3.8, 4) is 0 Å². The van der Waals surface area contributed by atoms with E-state index in [1.54, 1.807) is 0 Å². The predicted molar refractivity (Wildman–Crippen MR) is 94.3 cm³/mol. The van der Waals surface area contributed by atoms with E-state index < -0.39 is 10.2 Å². The molecule has 0 atom stereocenters.